The Labute approximate surface area is 82.4 Å². The van der Waals surface area contributed by atoms with Crippen molar-refractivity contribution in [3.8, 4) is 0 Å². The van der Waals surface area contributed by atoms with E-state index in [2.05, 4.69) is 9.72 Å². The minimum absolute atomic E-state index is 0.378. The molecule has 0 saturated carbocycles. The zero-order chi connectivity index (χ0) is 10.1. The molecule has 1 aliphatic carbocycles. The van der Waals surface area contributed by atoms with Crippen molar-refractivity contribution >= 4 is 11.7 Å². The van der Waals surface area contributed by atoms with Gasteiger partial charge in [0.05, 0.1) is 12.8 Å². The zero-order valence-corrected chi connectivity index (χ0v) is 8.22. The third-order valence-corrected chi connectivity index (χ3v) is 2.73. The van der Waals surface area contributed by atoms with Crippen LogP contribution < -0.4 is 5.73 Å². The summed E-state index contributed by atoms with van der Waals surface area (Å²) in [5.74, 6) is -0.378. The average Bonchev–Trinajstić information content (AvgIpc) is 2.56. The number of esters is 1. The molecule has 3 N–H and O–H groups in total. The molecule has 14 heavy (non-hydrogen) atoms. The first-order chi connectivity index (χ1) is 6.74. The highest BCUT2D eigenvalue weighted by atomic mass is 16.5. The number of anilines is 1. The van der Waals surface area contributed by atoms with Crippen molar-refractivity contribution in [3.05, 3.63) is 17.0 Å². The number of aromatic nitrogens is 1. The van der Waals surface area contributed by atoms with E-state index < -0.39 is 0 Å². The average molecular weight is 194 g/mol. The van der Waals surface area contributed by atoms with E-state index in [1.54, 1.807) is 0 Å². The summed E-state index contributed by atoms with van der Waals surface area (Å²) < 4.78 is 4.64. The van der Waals surface area contributed by atoms with Gasteiger partial charge in [0, 0.05) is 5.69 Å². The summed E-state index contributed by atoms with van der Waals surface area (Å²) in [5.41, 5.74) is 9.07. The lowest BCUT2D eigenvalue weighted by Crippen LogP contribution is -2.05. The van der Waals surface area contributed by atoms with Crippen molar-refractivity contribution < 1.29 is 9.53 Å². The molecule has 2 rings (SSSR count). The number of nitrogen functional groups attached to an aromatic ring is 1. The monoisotopic (exact) mass is 194 g/mol. The highest BCUT2D eigenvalue weighted by Gasteiger charge is 2.21. The molecule has 76 valence electrons. The number of hydrogen-bond acceptors (Lipinski definition) is 3. The normalized spacial score (nSPS) is 14.9. The van der Waals surface area contributed by atoms with Crippen molar-refractivity contribution in [2.75, 3.05) is 12.8 Å². The van der Waals surface area contributed by atoms with Gasteiger partial charge in [-0.15, -0.1) is 0 Å². The molecule has 0 amide bonds. The molecule has 1 heterocycles. The molecule has 0 unspecified atom stereocenters. The van der Waals surface area contributed by atoms with Gasteiger partial charge in [0.1, 0.15) is 5.69 Å². The van der Waals surface area contributed by atoms with Crippen molar-refractivity contribution in [1.29, 1.82) is 0 Å². The number of rotatable bonds is 1. The Bertz CT molecular complexity index is 368. The largest absolute Gasteiger partial charge is 0.464 e. The number of nitrogens with one attached hydrogen (secondary N) is 1. The fourth-order valence-electron chi connectivity index (χ4n) is 1.97. The van der Waals surface area contributed by atoms with Gasteiger partial charge < -0.3 is 15.5 Å². The number of carbonyl (C=O) groups is 1. The summed E-state index contributed by atoms with van der Waals surface area (Å²) in [4.78, 5) is 14.4. The maximum Gasteiger partial charge on any atom is 0.356 e. The molecule has 0 aromatic carbocycles. The van der Waals surface area contributed by atoms with Crippen LogP contribution in [0.4, 0.5) is 5.69 Å². The van der Waals surface area contributed by atoms with Crippen molar-refractivity contribution in [2.45, 2.75) is 25.7 Å². The molecule has 1 aromatic rings. The Morgan fingerprint density at radius 1 is 1.43 bits per heavy atom. The molecule has 1 aromatic heterocycles. The summed E-state index contributed by atoms with van der Waals surface area (Å²) in [6.45, 7) is 0. The first kappa shape index (κ1) is 9.12. The van der Waals surface area contributed by atoms with Gasteiger partial charge in [-0.25, -0.2) is 4.79 Å². The van der Waals surface area contributed by atoms with Crippen molar-refractivity contribution in [2.24, 2.45) is 0 Å². The standard InChI is InChI=1S/C10H14N2O2/c1-14-10(13)9-8(11)6-4-2-3-5-7(6)12-9/h12H,2-5,11H2,1H3. The van der Waals surface area contributed by atoms with E-state index in [9.17, 15) is 4.79 Å². The second kappa shape index (κ2) is 3.36. The third-order valence-electron chi connectivity index (χ3n) is 2.73. The molecule has 0 saturated heterocycles. The molecule has 0 fully saturated rings. The smallest absolute Gasteiger partial charge is 0.356 e. The van der Waals surface area contributed by atoms with Crippen LogP contribution in [0.25, 0.3) is 0 Å². The van der Waals surface area contributed by atoms with E-state index in [1.807, 2.05) is 0 Å². The van der Waals surface area contributed by atoms with Gasteiger partial charge in [-0.3, -0.25) is 0 Å². The molecule has 0 radical (unpaired) electrons. The van der Waals surface area contributed by atoms with Gasteiger partial charge in [-0.1, -0.05) is 0 Å². The lowest BCUT2D eigenvalue weighted by molar-refractivity contribution is 0.0596. The van der Waals surface area contributed by atoms with Crippen molar-refractivity contribution in [1.82, 2.24) is 4.98 Å². The molecule has 0 atom stereocenters. The summed E-state index contributed by atoms with van der Waals surface area (Å²) >= 11 is 0. The van der Waals surface area contributed by atoms with Gasteiger partial charge in [0.25, 0.3) is 0 Å². The van der Waals surface area contributed by atoms with Crippen LogP contribution in [0.2, 0.25) is 0 Å². The van der Waals surface area contributed by atoms with Crippen LogP contribution >= 0.6 is 0 Å². The van der Waals surface area contributed by atoms with Crippen LogP contribution in [0.3, 0.4) is 0 Å². The molecular weight excluding hydrogens is 180 g/mol. The summed E-state index contributed by atoms with van der Waals surface area (Å²) in [5, 5.41) is 0. The van der Waals surface area contributed by atoms with Gasteiger partial charge in [-0.2, -0.15) is 0 Å². The Morgan fingerprint density at radius 3 is 2.79 bits per heavy atom. The second-order valence-corrected chi connectivity index (χ2v) is 3.57. The van der Waals surface area contributed by atoms with Crippen LogP contribution in [0.5, 0.6) is 0 Å². The topological polar surface area (TPSA) is 68.1 Å². The molecule has 1 aliphatic rings. The number of ether oxygens (including phenoxy) is 1. The minimum Gasteiger partial charge on any atom is -0.464 e. The maximum absolute atomic E-state index is 11.3. The molecule has 4 nitrogen and oxygen atoms in total. The summed E-state index contributed by atoms with van der Waals surface area (Å²) in [6, 6.07) is 0. The summed E-state index contributed by atoms with van der Waals surface area (Å²) in [7, 11) is 1.36. The van der Waals surface area contributed by atoms with Crippen LogP contribution in [0, 0.1) is 0 Å². The first-order valence-electron chi connectivity index (χ1n) is 4.81. The van der Waals surface area contributed by atoms with Crippen molar-refractivity contribution in [3.63, 3.8) is 0 Å². The maximum atomic E-state index is 11.3. The number of carbonyl (C=O) groups excluding carboxylic acids is 1. The lowest BCUT2D eigenvalue weighted by atomic mass is 9.97. The predicted octanol–water partition coefficient (Wildman–Crippen LogP) is 1.26. The molecule has 0 spiro atoms. The van der Waals surface area contributed by atoms with Gasteiger partial charge in [0.2, 0.25) is 0 Å². The Kier molecular flexibility index (Phi) is 2.19. The van der Waals surface area contributed by atoms with Crippen LogP contribution in [-0.4, -0.2) is 18.1 Å². The fourth-order valence-corrected chi connectivity index (χ4v) is 1.97. The van der Waals surface area contributed by atoms with E-state index in [4.69, 9.17) is 5.73 Å². The van der Waals surface area contributed by atoms with Crippen LogP contribution in [0.15, 0.2) is 0 Å². The highest BCUT2D eigenvalue weighted by Crippen LogP contribution is 2.29. The predicted molar refractivity (Wildman–Crippen MR) is 53.2 cm³/mol. The van der Waals surface area contributed by atoms with Gasteiger partial charge >= 0.3 is 5.97 Å². The van der Waals surface area contributed by atoms with Gasteiger partial charge in [-0.05, 0) is 31.2 Å². The van der Waals surface area contributed by atoms with Gasteiger partial charge in [0.15, 0.2) is 0 Å². The number of hydrogen-bond donors (Lipinski definition) is 2. The van der Waals surface area contributed by atoms with E-state index in [-0.39, 0.29) is 5.97 Å². The Balaban J connectivity index is 2.43. The SMILES string of the molecule is COC(=O)c1[nH]c2c(c1N)CCCC2. The number of H-pyrrole nitrogens is 1. The van der Waals surface area contributed by atoms with Crippen LogP contribution in [0.1, 0.15) is 34.6 Å². The molecular formula is C10H14N2O2. The highest BCUT2D eigenvalue weighted by molar-refractivity contribution is 5.94. The Morgan fingerprint density at radius 2 is 2.14 bits per heavy atom. The number of methoxy groups -OCH3 is 1. The lowest BCUT2D eigenvalue weighted by Gasteiger charge is -2.10. The first-order valence-corrected chi connectivity index (χ1v) is 4.81. The third kappa shape index (κ3) is 1.27. The molecule has 0 aliphatic heterocycles. The quantitative estimate of drug-likeness (QED) is 0.661. The van der Waals surface area contributed by atoms with Crippen LogP contribution in [-0.2, 0) is 17.6 Å². The van der Waals surface area contributed by atoms with E-state index in [1.165, 1.54) is 7.11 Å². The van der Waals surface area contributed by atoms with E-state index in [0.29, 0.717) is 11.4 Å². The zero-order valence-electron chi connectivity index (χ0n) is 8.22. The fraction of sp³-hybridized carbons (Fsp3) is 0.500. The Hall–Kier alpha value is -1.45. The minimum atomic E-state index is -0.378. The summed E-state index contributed by atoms with van der Waals surface area (Å²) in [6.07, 6.45) is 4.26. The number of nitrogens with two attached hydrogens (primary N) is 1. The van der Waals surface area contributed by atoms with E-state index in [0.717, 1.165) is 36.9 Å². The molecule has 4 heteroatoms. The molecule has 0 bridgehead atoms. The second-order valence-electron chi connectivity index (χ2n) is 3.57. The number of fused-ring (bicyclic) bond motifs is 1. The van der Waals surface area contributed by atoms with E-state index >= 15 is 0 Å². The number of aromatic amines is 1. The number of aryl methyl sites for hydroxylation is 1.